The molecule has 6 heavy (non-hydrogen) atoms. The molecule has 0 unspecified atom stereocenters. The van der Waals surface area contributed by atoms with Crippen molar-refractivity contribution in [3.8, 4) is 11.8 Å². The van der Waals surface area contributed by atoms with Crippen LogP contribution in [0.4, 0.5) is 0 Å². The van der Waals surface area contributed by atoms with Gasteiger partial charge in [-0.3, -0.25) is 0 Å². The van der Waals surface area contributed by atoms with Crippen LogP contribution in [0.15, 0.2) is 5.73 Å². The Morgan fingerprint density at radius 3 is 2.50 bits per heavy atom. The normalized spacial score (nSPS) is 4.00. The van der Waals surface area contributed by atoms with E-state index in [2.05, 4.69) is 23.6 Å². The fourth-order valence-corrected chi connectivity index (χ4v) is 0.0986. The van der Waals surface area contributed by atoms with Crippen molar-refractivity contribution < 1.29 is 0 Å². The van der Waals surface area contributed by atoms with Gasteiger partial charge in [-0.1, -0.05) is 11.7 Å². The highest BCUT2D eigenvalue weighted by atomic mass is 13.5. The molecule has 0 aromatic heterocycles. The highest BCUT2D eigenvalue weighted by Gasteiger charge is 1.44. The Morgan fingerprint density at radius 2 is 2.33 bits per heavy atom. The SMILES string of the molecule is [CH+]=C=[C-]C#CC. The van der Waals surface area contributed by atoms with Crippen LogP contribution >= 0.6 is 0 Å². The Morgan fingerprint density at radius 1 is 1.67 bits per heavy atom. The monoisotopic (exact) mass is 76.0 g/mol. The molecular weight excluding hydrogens is 72.1 g/mol. The molecule has 0 atom stereocenters. The van der Waals surface area contributed by atoms with E-state index in [1.54, 1.807) is 6.92 Å². The molecule has 0 heteroatoms. The van der Waals surface area contributed by atoms with Gasteiger partial charge >= 0.3 is 0 Å². The van der Waals surface area contributed by atoms with Gasteiger partial charge in [-0.15, -0.1) is 12.5 Å². The molecule has 0 aromatic rings. The van der Waals surface area contributed by atoms with E-state index in [1.165, 1.54) is 0 Å². The summed E-state index contributed by atoms with van der Waals surface area (Å²) in [6.07, 6.45) is 2.36. The highest BCUT2D eigenvalue weighted by molar-refractivity contribution is 5.04. The van der Waals surface area contributed by atoms with Gasteiger partial charge in [-0.05, 0) is 6.92 Å². The standard InChI is InChI=1S/C6H4/c1-3-5-6-4-2/h1H,2H3. The first-order valence-corrected chi connectivity index (χ1v) is 1.54. The summed E-state index contributed by atoms with van der Waals surface area (Å²) in [6, 6.07) is 0. The Balaban J connectivity index is 3.53. The maximum atomic E-state index is 4.75. The molecule has 0 aromatic carbocycles. The van der Waals surface area contributed by atoms with Crippen LogP contribution in [-0.2, 0) is 0 Å². The van der Waals surface area contributed by atoms with Gasteiger partial charge < -0.3 is 0 Å². The topological polar surface area (TPSA) is 0 Å². The fraction of sp³-hybridized carbons (Fsp3) is 0.167. The zero-order valence-corrected chi connectivity index (χ0v) is 3.58. The van der Waals surface area contributed by atoms with Crippen molar-refractivity contribution >= 4 is 0 Å². The Labute approximate surface area is 38.2 Å². The van der Waals surface area contributed by atoms with Gasteiger partial charge in [0.1, 0.15) is 0 Å². The third kappa shape index (κ3) is 2.99. The lowest BCUT2D eigenvalue weighted by atomic mass is 10.6. The molecule has 0 N–H and O–H groups in total. The van der Waals surface area contributed by atoms with Gasteiger partial charge in [0, 0.05) is 0 Å². The molecule has 0 rings (SSSR count). The minimum atomic E-state index is 1.71. The Kier molecular flexibility index (Phi) is 3.32. The maximum Gasteiger partial charge on any atom is 0.0982 e. The number of rotatable bonds is 0. The van der Waals surface area contributed by atoms with Crippen LogP contribution in [0.2, 0.25) is 0 Å². The van der Waals surface area contributed by atoms with Crippen LogP contribution in [0.3, 0.4) is 0 Å². The minimum absolute atomic E-state index is 1.71. The number of hydrogen-bond acceptors (Lipinski definition) is 0. The van der Waals surface area contributed by atoms with Crippen LogP contribution in [-0.4, -0.2) is 0 Å². The lowest BCUT2D eigenvalue weighted by Gasteiger charge is -1.47. The van der Waals surface area contributed by atoms with Gasteiger partial charge in [0.25, 0.3) is 0 Å². The molecule has 0 aliphatic rings. The first-order valence-electron chi connectivity index (χ1n) is 1.54. The van der Waals surface area contributed by atoms with Crippen LogP contribution in [0.5, 0.6) is 0 Å². The van der Waals surface area contributed by atoms with Crippen LogP contribution in [0.1, 0.15) is 6.92 Å². The van der Waals surface area contributed by atoms with Crippen LogP contribution in [0.25, 0.3) is 0 Å². The van der Waals surface area contributed by atoms with Crippen molar-refractivity contribution in [2.24, 2.45) is 0 Å². The van der Waals surface area contributed by atoms with Gasteiger partial charge in [-0.25, -0.2) is 0 Å². The van der Waals surface area contributed by atoms with Crippen LogP contribution < -0.4 is 0 Å². The van der Waals surface area contributed by atoms with Gasteiger partial charge in [0.15, 0.2) is 0 Å². The van der Waals surface area contributed by atoms with E-state index < -0.39 is 0 Å². The van der Waals surface area contributed by atoms with E-state index in [0.717, 1.165) is 0 Å². The Hall–Kier alpha value is -1.01. The molecule has 0 fully saturated rings. The zero-order chi connectivity index (χ0) is 4.83. The summed E-state index contributed by atoms with van der Waals surface area (Å²) >= 11 is 0. The van der Waals surface area contributed by atoms with E-state index in [0.29, 0.717) is 0 Å². The number of allylic oxidation sites excluding steroid dienone is 1. The summed E-state index contributed by atoms with van der Waals surface area (Å²) in [5.74, 6) is 5.03. The molecule has 0 saturated carbocycles. The van der Waals surface area contributed by atoms with Gasteiger partial charge in [0.05, 0.1) is 6.08 Å². The molecule has 28 valence electrons. The van der Waals surface area contributed by atoms with E-state index >= 15 is 0 Å². The van der Waals surface area contributed by atoms with Gasteiger partial charge in [-0.2, -0.15) is 0 Å². The molecule has 0 bridgehead atoms. The summed E-state index contributed by atoms with van der Waals surface area (Å²) in [5, 5.41) is 0. The first-order chi connectivity index (χ1) is 2.91. The molecular formula is C6H4. The molecule has 0 saturated heterocycles. The maximum absolute atomic E-state index is 4.75. The quantitative estimate of drug-likeness (QED) is 0.229. The summed E-state index contributed by atoms with van der Waals surface area (Å²) in [7, 11) is 0. The van der Waals surface area contributed by atoms with E-state index in [4.69, 9.17) is 6.58 Å². The van der Waals surface area contributed by atoms with Gasteiger partial charge in [0.2, 0.25) is 0 Å². The second kappa shape index (κ2) is 3.99. The average molecular weight is 76.1 g/mol. The van der Waals surface area contributed by atoms with Crippen molar-refractivity contribution in [1.82, 2.24) is 0 Å². The molecule has 0 aliphatic heterocycles. The highest BCUT2D eigenvalue weighted by Crippen LogP contribution is 1.51. The number of hydrogen-bond donors (Lipinski definition) is 0. The van der Waals surface area contributed by atoms with E-state index in [-0.39, 0.29) is 0 Å². The lowest BCUT2D eigenvalue weighted by Crippen LogP contribution is -1.39. The third-order valence-electron chi connectivity index (χ3n) is 0.260. The second-order valence-corrected chi connectivity index (χ2v) is 0.644. The van der Waals surface area contributed by atoms with Crippen molar-refractivity contribution in [3.05, 3.63) is 18.4 Å². The summed E-state index contributed by atoms with van der Waals surface area (Å²) in [6.45, 7) is 6.46. The summed E-state index contributed by atoms with van der Waals surface area (Å²) < 4.78 is 0. The van der Waals surface area contributed by atoms with Crippen molar-refractivity contribution in [2.45, 2.75) is 6.92 Å². The predicted molar refractivity (Wildman–Crippen MR) is 24.5 cm³/mol. The molecule has 0 heterocycles. The van der Waals surface area contributed by atoms with Crippen LogP contribution in [0, 0.1) is 24.5 Å². The average Bonchev–Trinajstić information content (AvgIpc) is 1.61. The molecule has 0 spiro atoms. The first kappa shape index (κ1) is 4.99. The van der Waals surface area contributed by atoms with Crippen molar-refractivity contribution in [1.29, 1.82) is 0 Å². The van der Waals surface area contributed by atoms with Crippen molar-refractivity contribution in [2.75, 3.05) is 0 Å². The fourth-order valence-electron chi connectivity index (χ4n) is 0.0986. The lowest BCUT2D eigenvalue weighted by molar-refractivity contribution is 1.89. The summed E-state index contributed by atoms with van der Waals surface area (Å²) in [4.78, 5) is 0. The molecule has 0 nitrogen and oxygen atoms in total. The Bertz CT molecular complexity index is 115. The van der Waals surface area contributed by atoms with Crippen molar-refractivity contribution in [3.63, 3.8) is 0 Å². The smallest absolute Gasteiger partial charge is 0.0982 e. The summed E-state index contributed by atoms with van der Waals surface area (Å²) in [5.41, 5.74) is 2.14. The largest absolute Gasteiger partial charge is 0.114 e. The zero-order valence-electron chi connectivity index (χ0n) is 3.58. The second-order valence-electron chi connectivity index (χ2n) is 0.644. The molecule has 0 radical (unpaired) electrons. The van der Waals surface area contributed by atoms with E-state index in [1.807, 2.05) is 0 Å². The predicted octanol–water partition coefficient (Wildman–Crippen LogP) is 0.957. The molecule has 0 aliphatic carbocycles. The third-order valence-corrected chi connectivity index (χ3v) is 0.260. The van der Waals surface area contributed by atoms with E-state index in [9.17, 15) is 0 Å². The minimum Gasteiger partial charge on any atom is -0.114 e. The molecule has 0 amide bonds.